The van der Waals surface area contributed by atoms with Gasteiger partial charge in [-0.1, -0.05) is 0 Å². The molecular weight excluding hydrogens is 234 g/mol. The van der Waals surface area contributed by atoms with Crippen LogP contribution in [-0.4, -0.2) is 47.2 Å². The quantitative estimate of drug-likeness (QED) is 0.871. The van der Waals surface area contributed by atoms with Gasteiger partial charge >= 0.3 is 5.97 Å². The summed E-state index contributed by atoms with van der Waals surface area (Å²) < 4.78 is 6.98. The molecule has 1 saturated heterocycles. The molecule has 0 spiro atoms. The van der Waals surface area contributed by atoms with E-state index in [4.69, 9.17) is 4.74 Å². The zero-order valence-electron chi connectivity index (χ0n) is 11.0. The molecule has 2 rings (SSSR count). The maximum Gasteiger partial charge on any atom is 0.341 e. The van der Waals surface area contributed by atoms with Crippen molar-refractivity contribution >= 4 is 11.8 Å². The minimum atomic E-state index is -0.922. The van der Waals surface area contributed by atoms with E-state index in [0.29, 0.717) is 23.1 Å². The van der Waals surface area contributed by atoms with Gasteiger partial charge in [-0.2, -0.15) is 5.10 Å². The molecule has 0 saturated carbocycles. The fraction of sp³-hybridized carbons (Fsp3) is 0.667. The lowest BCUT2D eigenvalue weighted by atomic mass is 10.1. The number of anilines is 1. The number of aromatic nitrogens is 2. The summed E-state index contributed by atoms with van der Waals surface area (Å²) in [5.74, 6) is -0.249. The van der Waals surface area contributed by atoms with Gasteiger partial charge in [0.1, 0.15) is 11.4 Å². The maximum atomic E-state index is 11.3. The minimum absolute atomic E-state index is 0.298. The molecule has 1 aromatic heterocycles. The minimum Gasteiger partial charge on any atom is -0.477 e. The lowest BCUT2D eigenvalue weighted by Crippen LogP contribution is -2.38. The second kappa shape index (κ2) is 4.97. The molecule has 6 nitrogen and oxygen atoms in total. The molecule has 0 radical (unpaired) electrons. The number of carboxylic acids is 1. The average molecular weight is 253 g/mol. The predicted octanol–water partition coefficient (Wildman–Crippen LogP) is 1.04. The monoisotopic (exact) mass is 253 g/mol. The molecule has 1 aliphatic heterocycles. The summed E-state index contributed by atoms with van der Waals surface area (Å²) in [4.78, 5) is 13.4. The van der Waals surface area contributed by atoms with Crippen LogP contribution in [0.2, 0.25) is 0 Å². The molecule has 18 heavy (non-hydrogen) atoms. The van der Waals surface area contributed by atoms with Gasteiger partial charge in [-0.15, -0.1) is 0 Å². The Labute approximate surface area is 106 Å². The summed E-state index contributed by atoms with van der Waals surface area (Å²) in [6.45, 7) is 3.19. The lowest BCUT2D eigenvalue weighted by molar-refractivity contribution is 0.0695. The second-order valence-electron chi connectivity index (χ2n) is 4.67. The highest BCUT2D eigenvalue weighted by Crippen LogP contribution is 2.26. The third-order valence-electron chi connectivity index (χ3n) is 3.48. The highest BCUT2D eigenvalue weighted by atomic mass is 16.5. The first-order chi connectivity index (χ1) is 8.52. The van der Waals surface area contributed by atoms with Crippen molar-refractivity contribution in [2.75, 3.05) is 25.2 Å². The van der Waals surface area contributed by atoms with E-state index in [9.17, 15) is 9.90 Å². The summed E-state index contributed by atoms with van der Waals surface area (Å²) in [6, 6.07) is 0.312. The fourth-order valence-electron chi connectivity index (χ4n) is 2.55. The van der Waals surface area contributed by atoms with Crippen molar-refractivity contribution in [3.63, 3.8) is 0 Å². The standard InChI is InChI=1S/C12H19N3O3/c1-8-10(12(16)17)11(15(3)13-8)14(2)9-4-6-18-7-5-9/h9H,4-7H2,1-3H3,(H,16,17). The zero-order chi connectivity index (χ0) is 13.3. The van der Waals surface area contributed by atoms with Gasteiger partial charge < -0.3 is 14.7 Å². The van der Waals surface area contributed by atoms with Crippen LogP contribution >= 0.6 is 0 Å². The first-order valence-corrected chi connectivity index (χ1v) is 6.10. The number of rotatable bonds is 3. The van der Waals surface area contributed by atoms with E-state index < -0.39 is 5.97 Å². The third kappa shape index (κ3) is 2.20. The molecule has 0 aromatic carbocycles. The summed E-state index contributed by atoms with van der Waals surface area (Å²) >= 11 is 0. The summed E-state index contributed by atoms with van der Waals surface area (Å²) in [7, 11) is 3.71. The normalized spacial score (nSPS) is 16.8. The van der Waals surface area contributed by atoms with Crippen LogP contribution in [0.1, 0.15) is 28.9 Å². The summed E-state index contributed by atoms with van der Waals surface area (Å²) in [5, 5.41) is 13.5. The second-order valence-corrected chi connectivity index (χ2v) is 4.67. The number of ether oxygens (including phenoxy) is 1. The van der Waals surface area contributed by atoms with Crippen molar-refractivity contribution in [3.8, 4) is 0 Å². The number of hydrogen-bond acceptors (Lipinski definition) is 4. The molecule has 1 N–H and O–H groups in total. The Hall–Kier alpha value is -1.56. The largest absolute Gasteiger partial charge is 0.477 e. The van der Waals surface area contributed by atoms with Gasteiger partial charge in [0, 0.05) is 33.4 Å². The summed E-state index contributed by atoms with van der Waals surface area (Å²) in [5.41, 5.74) is 0.852. The fourth-order valence-corrected chi connectivity index (χ4v) is 2.55. The number of carboxylic acid groups (broad SMARTS) is 1. The molecular formula is C12H19N3O3. The average Bonchev–Trinajstić information content (AvgIpc) is 2.64. The molecule has 100 valence electrons. The number of aromatic carboxylic acids is 1. The Morgan fingerprint density at radius 1 is 1.50 bits per heavy atom. The van der Waals surface area contributed by atoms with Crippen LogP contribution in [0.5, 0.6) is 0 Å². The first-order valence-electron chi connectivity index (χ1n) is 6.10. The molecule has 1 fully saturated rings. The van der Waals surface area contributed by atoms with Crippen LogP contribution in [0.3, 0.4) is 0 Å². The highest BCUT2D eigenvalue weighted by molar-refractivity contribution is 5.94. The Morgan fingerprint density at radius 2 is 2.11 bits per heavy atom. The molecule has 0 atom stereocenters. The van der Waals surface area contributed by atoms with Gasteiger partial charge in [0.05, 0.1) is 5.69 Å². The first kappa shape index (κ1) is 12.9. The maximum absolute atomic E-state index is 11.3. The van der Waals surface area contributed by atoms with Gasteiger partial charge in [0.25, 0.3) is 0 Å². The smallest absolute Gasteiger partial charge is 0.341 e. The molecule has 0 aliphatic carbocycles. The van der Waals surface area contributed by atoms with E-state index in [0.717, 1.165) is 26.1 Å². The number of carbonyl (C=O) groups is 1. The molecule has 0 amide bonds. The Kier molecular flexibility index (Phi) is 3.56. The lowest BCUT2D eigenvalue weighted by Gasteiger charge is -2.32. The van der Waals surface area contributed by atoms with E-state index in [1.165, 1.54) is 0 Å². The Bertz CT molecular complexity index is 450. The van der Waals surface area contributed by atoms with Crippen molar-refractivity contribution in [1.82, 2.24) is 9.78 Å². The highest BCUT2D eigenvalue weighted by Gasteiger charge is 2.27. The SMILES string of the molecule is Cc1nn(C)c(N(C)C2CCOCC2)c1C(=O)O. The molecule has 1 aromatic rings. The van der Waals surface area contributed by atoms with Crippen LogP contribution in [0.4, 0.5) is 5.82 Å². The van der Waals surface area contributed by atoms with Crippen molar-refractivity contribution < 1.29 is 14.6 Å². The Morgan fingerprint density at radius 3 is 2.67 bits per heavy atom. The van der Waals surface area contributed by atoms with E-state index in [-0.39, 0.29) is 0 Å². The predicted molar refractivity (Wildman–Crippen MR) is 67.1 cm³/mol. The zero-order valence-corrected chi connectivity index (χ0v) is 11.0. The van der Waals surface area contributed by atoms with Crippen molar-refractivity contribution in [1.29, 1.82) is 0 Å². The van der Waals surface area contributed by atoms with Crippen LogP contribution in [0.15, 0.2) is 0 Å². The third-order valence-corrected chi connectivity index (χ3v) is 3.48. The van der Waals surface area contributed by atoms with Crippen molar-refractivity contribution in [2.45, 2.75) is 25.8 Å². The molecule has 1 aliphatic rings. The topological polar surface area (TPSA) is 67.6 Å². The van der Waals surface area contributed by atoms with Crippen molar-refractivity contribution in [2.24, 2.45) is 7.05 Å². The van der Waals surface area contributed by atoms with Crippen LogP contribution < -0.4 is 4.90 Å². The van der Waals surface area contributed by atoms with E-state index in [2.05, 4.69) is 5.10 Å². The van der Waals surface area contributed by atoms with Gasteiger partial charge in [-0.05, 0) is 19.8 Å². The van der Waals surface area contributed by atoms with Crippen LogP contribution in [0.25, 0.3) is 0 Å². The molecule has 0 unspecified atom stereocenters. The Balaban J connectivity index is 2.34. The molecule has 6 heteroatoms. The van der Waals surface area contributed by atoms with Crippen LogP contribution in [0, 0.1) is 6.92 Å². The van der Waals surface area contributed by atoms with Gasteiger partial charge in [0.2, 0.25) is 0 Å². The van der Waals surface area contributed by atoms with Gasteiger partial charge in [-0.3, -0.25) is 4.68 Å². The van der Waals surface area contributed by atoms with Gasteiger partial charge in [-0.25, -0.2) is 4.79 Å². The van der Waals surface area contributed by atoms with E-state index in [1.54, 1.807) is 18.7 Å². The molecule has 0 bridgehead atoms. The number of hydrogen-bond donors (Lipinski definition) is 1. The van der Waals surface area contributed by atoms with Crippen LogP contribution in [-0.2, 0) is 11.8 Å². The van der Waals surface area contributed by atoms with E-state index >= 15 is 0 Å². The number of nitrogens with zero attached hydrogens (tertiary/aromatic N) is 3. The van der Waals surface area contributed by atoms with Gasteiger partial charge in [0.15, 0.2) is 0 Å². The molecule has 2 heterocycles. The number of aryl methyl sites for hydroxylation is 2. The summed E-state index contributed by atoms with van der Waals surface area (Å²) in [6.07, 6.45) is 1.83. The van der Waals surface area contributed by atoms with Crippen molar-refractivity contribution in [3.05, 3.63) is 11.3 Å². The van der Waals surface area contributed by atoms with E-state index in [1.807, 2.05) is 11.9 Å².